The van der Waals surface area contributed by atoms with Crippen LogP contribution in [0.4, 0.5) is 4.79 Å². The van der Waals surface area contributed by atoms with Gasteiger partial charge < -0.3 is 15.7 Å². The van der Waals surface area contributed by atoms with Gasteiger partial charge in [-0.3, -0.25) is 0 Å². The van der Waals surface area contributed by atoms with Crippen molar-refractivity contribution in [1.82, 2.24) is 10.6 Å². The zero-order valence-corrected chi connectivity index (χ0v) is 11.9. The van der Waals surface area contributed by atoms with Crippen LogP contribution in [0.3, 0.4) is 0 Å². The summed E-state index contributed by atoms with van der Waals surface area (Å²) >= 11 is 0. The van der Waals surface area contributed by atoms with Crippen LogP contribution >= 0.6 is 0 Å². The first-order valence-corrected chi connectivity index (χ1v) is 6.71. The summed E-state index contributed by atoms with van der Waals surface area (Å²) < 4.78 is 0. The summed E-state index contributed by atoms with van der Waals surface area (Å²) in [5.41, 5.74) is -1.19. The molecule has 0 radical (unpaired) electrons. The third kappa shape index (κ3) is 5.38. The number of urea groups is 1. The first-order valence-electron chi connectivity index (χ1n) is 6.71. The second kappa shape index (κ2) is 7.95. The fraction of sp³-hybridized carbons (Fsp3) is 0.846. The molecule has 5 nitrogen and oxygen atoms in total. The van der Waals surface area contributed by atoms with E-state index in [1.165, 1.54) is 0 Å². The number of aliphatic carboxylic acids is 1. The maximum absolute atomic E-state index is 11.8. The van der Waals surface area contributed by atoms with E-state index >= 15 is 0 Å². The van der Waals surface area contributed by atoms with E-state index in [1.54, 1.807) is 6.92 Å². The van der Waals surface area contributed by atoms with E-state index in [1.807, 2.05) is 13.8 Å². The lowest BCUT2D eigenvalue weighted by Gasteiger charge is -2.27. The van der Waals surface area contributed by atoms with Crippen molar-refractivity contribution in [2.24, 2.45) is 0 Å². The Balaban J connectivity index is 4.46. The Labute approximate surface area is 109 Å². The number of carbonyl (C=O) groups excluding carboxylic acids is 1. The Morgan fingerprint density at radius 1 is 1.22 bits per heavy atom. The van der Waals surface area contributed by atoms with Crippen molar-refractivity contribution in [3.63, 3.8) is 0 Å². The van der Waals surface area contributed by atoms with Gasteiger partial charge >= 0.3 is 12.0 Å². The summed E-state index contributed by atoms with van der Waals surface area (Å²) in [7, 11) is 0. The average molecular weight is 258 g/mol. The molecule has 0 aromatic heterocycles. The van der Waals surface area contributed by atoms with Gasteiger partial charge in [-0.05, 0) is 26.2 Å². The summed E-state index contributed by atoms with van der Waals surface area (Å²) in [5.74, 6) is -0.997. The Kier molecular flexibility index (Phi) is 7.39. The number of amides is 2. The largest absolute Gasteiger partial charge is 0.480 e. The van der Waals surface area contributed by atoms with Gasteiger partial charge in [-0.2, -0.15) is 0 Å². The summed E-state index contributed by atoms with van der Waals surface area (Å²) in [5, 5.41) is 14.6. The monoisotopic (exact) mass is 258 g/mol. The summed E-state index contributed by atoms with van der Waals surface area (Å²) in [6.07, 6.45) is 3.86. The minimum Gasteiger partial charge on any atom is -0.480 e. The normalized spacial score (nSPS) is 15.6. The molecule has 0 aromatic rings. The molecule has 0 heterocycles. The van der Waals surface area contributed by atoms with E-state index in [2.05, 4.69) is 17.6 Å². The van der Waals surface area contributed by atoms with Gasteiger partial charge in [0, 0.05) is 6.04 Å². The number of nitrogens with one attached hydrogen (secondary N) is 2. The zero-order valence-electron chi connectivity index (χ0n) is 11.9. The molecular formula is C13H26N2O3. The van der Waals surface area contributed by atoms with E-state index in [0.717, 1.165) is 19.3 Å². The molecular weight excluding hydrogens is 232 g/mol. The van der Waals surface area contributed by atoms with Crippen LogP contribution in [0.5, 0.6) is 0 Å². The molecule has 0 aliphatic carbocycles. The lowest BCUT2D eigenvalue weighted by Crippen LogP contribution is -2.56. The molecule has 0 aliphatic rings. The molecule has 0 bridgehead atoms. The molecule has 0 fully saturated rings. The molecule has 0 rings (SSSR count). The van der Waals surface area contributed by atoms with Gasteiger partial charge in [-0.25, -0.2) is 9.59 Å². The molecule has 0 aliphatic heterocycles. The van der Waals surface area contributed by atoms with E-state index in [4.69, 9.17) is 5.11 Å². The maximum atomic E-state index is 11.8. The standard InChI is InChI=1S/C13H26N2O3/c1-5-8-10(7-3)14-12(18)15-13(4,9-6-2)11(16)17/h10H,5-9H2,1-4H3,(H,16,17)(H2,14,15,18). The lowest BCUT2D eigenvalue weighted by atomic mass is 9.96. The SMILES string of the molecule is CCCC(CC)NC(=O)NC(C)(CCC)C(=O)O. The van der Waals surface area contributed by atoms with Crippen molar-refractivity contribution in [1.29, 1.82) is 0 Å². The van der Waals surface area contributed by atoms with E-state index in [-0.39, 0.29) is 6.04 Å². The molecule has 0 spiro atoms. The van der Waals surface area contributed by atoms with Crippen molar-refractivity contribution in [2.75, 3.05) is 0 Å². The minimum absolute atomic E-state index is 0.106. The minimum atomic E-state index is -1.19. The van der Waals surface area contributed by atoms with Gasteiger partial charge in [0.05, 0.1) is 0 Å². The Hall–Kier alpha value is -1.26. The van der Waals surface area contributed by atoms with Crippen LogP contribution < -0.4 is 10.6 Å². The zero-order chi connectivity index (χ0) is 14.2. The Morgan fingerprint density at radius 3 is 2.22 bits per heavy atom. The Bertz CT molecular complexity index is 281. The predicted octanol–water partition coefficient (Wildman–Crippen LogP) is 2.51. The molecule has 2 atom stereocenters. The lowest BCUT2D eigenvalue weighted by molar-refractivity contribution is -0.144. The van der Waals surface area contributed by atoms with E-state index in [9.17, 15) is 9.59 Å². The maximum Gasteiger partial charge on any atom is 0.329 e. The molecule has 0 saturated heterocycles. The van der Waals surface area contributed by atoms with Crippen LogP contribution in [-0.4, -0.2) is 28.7 Å². The summed E-state index contributed by atoms with van der Waals surface area (Å²) in [4.78, 5) is 23.0. The highest BCUT2D eigenvalue weighted by Gasteiger charge is 2.34. The number of hydrogen-bond donors (Lipinski definition) is 3. The Morgan fingerprint density at radius 2 is 1.83 bits per heavy atom. The average Bonchev–Trinajstić information content (AvgIpc) is 2.28. The topological polar surface area (TPSA) is 78.4 Å². The number of carboxylic acid groups (broad SMARTS) is 1. The van der Waals surface area contributed by atoms with E-state index < -0.39 is 17.5 Å². The molecule has 2 unspecified atom stereocenters. The van der Waals surface area contributed by atoms with Crippen molar-refractivity contribution in [3.05, 3.63) is 0 Å². The van der Waals surface area contributed by atoms with Crippen LogP contribution in [-0.2, 0) is 4.79 Å². The molecule has 2 amide bonds. The van der Waals surface area contributed by atoms with Crippen LogP contribution in [0.2, 0.25) is 0 Å². The van der Waals surface area contributed by atoms with Crippen LogP contribution in [0.15, 0.2) is 0 Å². The first-order chi connectivity index (χ1) is 8.39. The van der Waals surface area contributed by atoms with Gasteiger partial charge in [-0.15, -0.1) is 0 Å². The second-order valence-electron chi connectivity index (χ2n) is 4.88. The van der Waals surface area contributed by atoms with Gasteiger partial charge in [0.2, 0.25) is 0 Å². The molecule has 18 heavy (non-hydrogen) atoms. The molecule has 5 heteroatoms. The second-order valence-corrected chi connectivity index (χ2v) is 4.88. The van der Waals surface area contributed by atoms with Crippen LogP contribution in [0.25, 0.3) is 0 Å². The first kappa shape index (κ1) is 16.7. The number of rotatable bonds is 8. The van der Waals surface area contributed by atoms with Crippen molar-refractivity contribution in [3.8, 4) is 0 Å². The quantitative estimate of drug-likeness (QED) is 0.626. The third-order valence-corrected chi connectivity index (χ3v) is 3.08. The van der Waals surface area contributed by atoms with Gasteiger partial charge in [0.25, 0.3) is 0 Å². The summed E-state index contributed by atoms with van der Waals surface area (Å²) in [6.45, 7) is 7.50. The van der Waals surface area contributed by atoms with E-state index in [0.29, 0.717) is 12.8 Å². The van der Waals surface area contributed by atoms with Crippen molar-refractivity contribution in [2.45, 2.75) is 71.4 Å². The number of carbonyl (C=O) groups is 2. The van der Waals surface area contributed by atoms with Gasteiger partial charge in [0.15, 0.2) is 0 Å². The smallest absolute Gasteiger partial charge is 0.329 e. The molecule has 3 N–H and O–H groups in total. The third-order valence-electron chi connectivity index (χ3n) is 3.08. The summed E-state index contributed by atoms with van der Waals surface area (Å²) in [6, 6.07) is -0.289. The highest BCUT2D eigenvalue weighted by atomic mass is 16.4. The highest BCUT2D eigenvalue weighted by Crippen LogP contribution is 2.12. The van der Waals surface area contributed by atoms with Crippen molar-refractivity contribution < 1.29 is 14.7 Å². The van der Waals surface area contributed by atoms with Crippen LogP contribution in [0, 0.1) is 0 Å². The van der Waals surface area contributed by atoms with Crippen molar-refractivity contribution >= 4 is 12.0 Å². The molecule has 0 saturated carbocycles. The number of carboxylic acids is 1. The predicted molar refractivity (Wildman–Crippen MR) is 71.6 cm³/mol. The number of hydrogen-bond acceptors (Lipinski definition) is 2. The van der Waals surface area contributed by atoms with Crippen LogP contribution in [0.1, 0.15) is 59.8 Å². The fourth-order valence-electron chi connectivity index (χ4n) is 1.92. The highest BCUT2D eigenvalue weighted by molar-refractivity contribution is 5.85. The molecule has 0 aromatic carbocycles. The van der Waals surface area contributed by atoms with Gasteiger partial charge in [-0.1, -0.05) is 33.6 Å². The van der Waals surface area contributed by atoms with Gasteiger partial charge in [0.1, 0.15) is 5.54 Å². The molecule has 106 valence electrons. The fourth-order valence-corrected chi connectivity index (χ4v) is 1.92.